The summed E-state index contributed by atoms with van der Waals surface area (Å²) in [5.74, 6) is -0.917. The maximum Gasteiger partial charge on any atom is 0.336 e. The molecule has 0 unspecified atom stereocenters. The minimum absolute atomic E-state index is 0.306. The molecular formula is C11H6Br2O2. The average Bonchev–Trinajstić information content (AvgIpc) is 2.19. The number of hydrogen-bond acceptors (Lipinski definition) is 1. The first-order valence-corrected chi connectivity index (χ1v) is 5.80. The Morgan fingerprint density at radius 2 is 1.80 bits per heavy atom. The highest BCUT2D eigenvalue weighted by Gasteiger charge is 2.12. The van der Waals surface area contributed by atoms with E-state index in [-0.39, 0.29) is 0 Å². The molecule has 2 nitrogen and oxygen atoms in total. The van der Waals surface area contributed by atoms with E-state index in [2.05, 4.69) is 31.9 Å². The molecule has 4 heteroatoms. The van der Waals surface area contributed by atoms with Gasteiger partial charge in [0, 0.05) is 14.3 Å². The number of aromatic carboxylic acids is 1. The second kappa shape index (κ2) is 3.94. The minimum atomic E-state index is -0.917. The number of carbonyl (C=O) groups is 1. The normalized spacial score (nSPS) is 10.5. The van der Waals surface area contributed by atoms with Gasteiger partial charge in [0.2, 0.25) is 0 Å². The third-order valence-electron chi connectivity index (χ3n) is 2.17. The Hall–Kier alpha value is -0.870. The van der Waals surface area contributed by atoms with Crippen LogP contribution in [0, 0.1) is 0 Å². The van der Waals surface area contributed by atoms with Crippen LogP contribution in [-0.4, -0.2) is 11.1 Å². The van der Waals surface area contributed by atoms with E-state index in [4.69, 9.17) is 5.11 Å². The number of halogens is 2. The van der Waals surface area contributed by atoms with Crippen LogP contribution in [-0.2, 0) is 0 Å². The summed E-state index contributed by atoms with van der Waals surface area (Å²) in [4.78, 5) is 11.0. The smallest absolute Gasteiger partial charge is 0.336 e. The van der Waals surface area contributed by atoms with Crippen LogP contribution in [0.5, 0.6) is 0 Å². The predicted octanol–water partition coefficient (Wildman–Crippen LogP) is 4.06. The van der Waals surface area contributed by atoms with E-state index in [0.29, 0.717) is 5.56 Å². The fraction of sp³-hybridized carbons (Fsp3) is 0. The molecule has 2 aromatic carbocycles. The quantitative estimate of drug-likeness (QED) is 0.856. The van der Waals surface area contributed by atoms with Crippen molar-refractivity contribution >= 4 is 48.6 Å². The number of hydrogen-bond donors (Lipinski definition) is 1. The number of fused-ring (bicyclic) bond motifs is 1. The Kier molecular flexibility index (Phi) is 2.80. The Balaban J connectivity index is 2.96. The standard InChI is InChI=1S/C11H6Br2O2/c12-8-5-4-7(11(14)15)10-6(8)2-1-3-9(10)13/h1-5H,(H,14,15). The van der Waals surface area contributed by atoms with Crippen molar-refractivity contribution in [3.63, 3.8) is 0 Å². The molecular weight excluding hydrogens is 324 g/mol. The van der Waals surface area contributed by atoms with Gasteiger partial charge in [0.05, 0.1) is 5.56 Å². The molecule has 0 aliphatic heterocycles. The van der Waals surface area contributed by atoms with Gasteiger partial charge in [-0.3, -0.25) is 0 Å². The van der Waals surface area contributed by atoms with Crippen molar-refractivity contribution in [1.82, 2.24) is 0 Å². The minimum Gasteiger partial charge on any atom is -0.478 e. The average molecular weight is 330 g/mol. The van der Waals surface area contributed by atoms with Gasteiger partial charge in [-0.2, -0.15) is 0 Å². The van der Waals surface area contributed by atoms with Crippen molar-refractivity contribution in [1.29, 1.82) is 0 Å². The van der Waals surface area contributed by atoms with Gasteiger partial charge in [0.25, 0.3) is 0 Å². The van der Waals surface area contributed by atoms with E-state index in [9.17, 15) is 4.79 Å². The molecule has 76 valence electrons. The number of rotatable bonds is 1. The van der Waals surface area contributed by atoms with Gasteiger partial charge in [-0.05, 0) is 23.6 Å². The van der Waals surface area contributed by atoms with Gasteiger partial charge in [-0.15, -0.1) is 0 Å². The first kappa shape index (κ1) is 10.6. The molecule has 0 aromatic heterocycles. The highest BCUT2D eigenvalue weighted by Crippen LogP contribution is 2.32. The lowest BCUT2D eigenvalue weighted by molar-refractivity contribution is 0.0699. The van der Waals surface area contributed by atoms with Gasteiger partial charge >= 0.3 is 5.97 Å². The van der Waals surface area contributed by atoms with Crippen molar-refractivity contribution in [2.75, 3.05) is 0 Å². The second-order valence-electron chi connectivity index (χ2n) is 3.06. The van der Waals surface area contributed by atoms with Gasteiger partial charge < -0.3 is 5.11 Å². The maximum atomic E-state index is 11.0. The molecule has 2 aromatic rings. The molecule has 0 radical (unpaired) electrons. The SMILES string of the molecule is O=C(O)c1ccc(Br)c2cccc(Br)c12. The molecule has 0 aliphatic rings. The summed E-state index contributed by atoms with van der Waals surface area (Å²) in [5.41, 5.74) is 0.306. The van der Waals surface area contributed by atoms with Gasteiger partial charge in [0.1, 0.15) is 0 Å². The van der Waals surface area contributed by atoms with Crippen molar-refractivity contribution in [2.45, 2.75) is 0 Å². The predicted molar refractivity (Wildman–Crippen MR) is 66.3 cm³/mol. The zero-order chi connectivity index (χ0) is 11.0. The van der Waals surface area contributed by atoms with Crippen LogP contribution in [0.15, 0.2) is 39.3 Å². The van der Waals surface area contributed by atoms with Crippen LogP contribution in [0.1, 0.15) is 10.4 Å². The third-order valence-corrected chi connectivity index (χ3v) is 3.52. The molecule has 0 heterocycles. The summed E-state index contributed by atoms with van der Waals surface area (Å²) >= 11 is 6.77. The lowest BCUT2D eigenvalue weighted by atomic mass is 10.1. The molecule has 0 saturated heterocycles. The van der Waals surface area contributed by atoms with Crippen molar-refractivity contribution in [3.8, 4) is 0 Å². The first-order chi connectivity index (χ1) is 7.11. The summed E-state index contributed by atoms with van der Waals surface area (Å²) in [6.45, 7) is 0. The first-order valence-electron chi connectivity index (χ1n) is 4.21. The molecule has 0 bridgehead atoms. The van der Waals surface area contributed by atoms with Crippen molar-refractivity contribution < 1.29 is 9.90 Å². The highest BCUT2D eigenvalue weighted by molar-refractivity contribution is 9.11. The molecule has 1 N–H and O–H groups in total. The van der Waals surface area contributed by atoms with E-state index in [1.165, 1.54) is 0 Å². The molecule has 0 spiro atoms. The Bertz CT molecular complexity index is 550. The van der Waals surface area contributed by atoms with E-state index in [1.807, 2.05) is 18.2 Å². The van der Waals surface area contributed by atoms with Gasteiger partial charge in [-0.1, -0.05) is 44.0 Å². The Morgan fingerprint density at radius 3 is 2.47 bits per heavy atom. The fourth-order valence-electron chi connectivity index (χ4n) is 1.50. The number of carboxylic acids is 1. The number of carboxylic acid groups (broad SMARTS) is 1. The van der Waals surface area contributed by atoms with Crippen LogP contribution in [0.25, 0.3) is 10.8 Å². The molecule has 0 aliphatic carbocycles. The van der Waals surface area contributed by atoms with E-state index in [1.54, 1.807) is 12.1 Å². The van der Waals surface area contributed by atoms with Gasteiger partial charge in [-0.25, -0.2) is 4.79 Å². The summed E-state index contributed by atoms with van der Waals surface area (Å²) in [5, 5.41) is 10.7. The van der Waals surface area contributed by atoms with Crippen LogP contribution in [0.4, 0.5) is 0 Å². The van der Waals surface area contributed by atoms with E-state index >= 15 is 0 Å². The monoisotopic (exact) mass is 328 g/mol. The van der Waals surface area contributed by atoms with Crippen molar-refractivity contribution in [2.24, 2.45) is 0 Å². The highest BCUT2D eigenvalue weighted by atomic mass is 79.9. The summed E-state index contributed by atoms with van der Waals surface area (Å²) in [6, 6.07) is 8.94. The molecule has 15 heavy (non-hydrogen) atoms. The van der Waals surface area contributed by atoms with E-state index in [0.717, 1.165) is 19.7 Å². The maximum absolute atomic E-state index is 11.0. The van der Waals surface area contributed by atoms with Crippen LogP contribution in [0.3, 0.4) is 0 Å². The van der Waals surface area contributed by atoms with Crippen LogP contribution < -0.4 is 0 Å². The van der Waals surface area contributed by atoms with Crippen LogP contribution in [0.2, 0.25) is 0 Å². The summed E-state index contributed by atoms with van der Waals surface area (Å²) in [6.07, 6.45) is 0. The van der Waals surface area contributed by atoms with Crippen LogP contribution >= 0.6 is 31.9 Å². The Morgan fingerprint density at radius 1 is 1.07 bits per heavy atom. The molecule has 0 saturated carbocycles. The molecule has 0 atom stereocenters. The fourth-order valence-corrected chi connectivity index (χ4v) is 2.55. The lowest BCUT2D eigenvalue weighted by Gasteiger charge is -2.06. The molecule has 2 rings (SSSR count). The third kappa shape index (κ3) is 1.79. The Labute approximate surface area is 103 Å². The van der Waals surface area contributed by atoms with E-state index < -0.39 is 5.97 Å². The van der Waals surface area contributed by atoms with Gasteiger partial charge in [0.15, 0.2) is 0 Å². The topological polar surface area (TPSA) is 37.3 Å². The zero-order valence-electron chi connectivity index (χ0n) is 7.50. The summed E-state index contributed by atoms with van der Waals surface area (Å²) in [7, 11) is 0. The largest absolute Gasteiger partial charge is 0.478 e. The molecule has 0 amide bonds. The summed E-state index contributed by atoms with van der Waals surface area (Å²) < 4.78 is 1.68. The van der Waals surface area contributed by atoms with Crippen molar-refractivity contribution in [3.05, 3.63) is 44.8 Å². The second-order valence-corrected chi connectivity index (χ2v) is 4.77. The number of benzene rings is 2. The lowest BCUT2D eigenvalue weighted by Crippen LogP contribution is -1.97. The zero-order valence-corrected chi connectivity index (χ0v) is 10.7. The molecule has 0 fully saturated rings.